The van der Waals surface area contributed by atoms with E-state index < -0.39 is 0 Å². The van der Waals surface area contributed by atoms with Crippen LogP contribution in [0.2, 0.25) is 0 Å². The molecular formula is C19H18N2OS. The van der Waals surface area contributed by atoms with Crippen molar-refractivity contribution in [3.63, 3.8) is 0 Å². The normalized spacial score (nSPS) is 10.5. The molecule has 3 nitrogen and oxygen atoms in total. The van der Waals surface area contributed by atoms with Gasteiger partial charge in [-0.2, -0.15) is 0 Å². The van der Waals surface area contributed by atoms with Crippen molar-refractivity contribution in [1.82, 2.24) is 4.98 Å². The highest BCUT2D eigenvalue weighted by molar-refractivity contribution is 7.09. The van der Waals surface area contributed by atoms with Crippen LogP contribution in [0.4, 0.5) is 5.69 Å². The Kier molecular flexibility index (Phi) is 4.83. The third-order valence-electron chi connectivity index (χ3n) is 3.47. The lowest BCUT2D eigenvalue weighted by atomic mass is 10.2. The summed E-state index contributed by atoms with van der Waals surface area (Å²) in [6.45, 7) is 2.02. The standard InChI is InChI=1S/C19H18N2OS/c1-14-7-9-16(10-8-14)20-18(22)12-17-13-23-19(21-17)11-15-5-3-2-4-6-15/h2-10,13H,11-12H2,1H3,(H,20,22). The molecule has 0 saturated carbocycles. The molecule has 4 heteroatoms. The second-order valence-electron chi connectivity index (χ2n) is 5.49. The van der Waals surface area contributed by atoms with Crippen molar-refractivity contribution in [3.8, 4) is 0 Å². The Morgan fingerprint density at radius 1 is 1.09 bits per heavy atom. The summed E-state index contributed by atoms with van der Waals surface area (Å²) in [5.41, 5.74) is 4.05. The number of hydrogen-bond donors (Lipinski definition) is 1. The van der Waals surface area contributed by atoms with Crippen molar-refractivity contribution >= 4 is 22.9 Å². The number of thiazole rings is 1. The first-order valence-corrected chi connectivity index (χ1v) is 8.41. The topological polar surface area (TPSA) is 42.0 Å². The number of anilines is 1. The fourth-order valence-corrected chi connectivity index (χ4v) is 3.12. The number of carbonyl (C=O) groups is 1. The smallest absolute Gasteiger partial charge is 0.230 e. The van der Waals surface area contributed by atoms with Gasteiger partial charge in [-0.15, -0.1) is 11.3 Å². The number of aromatic nitrogens is 1. The minimum Gasteiger partial charge on any atom is -0.326 e. The zero-order valence-electron chi connectivity index (χ0n) is 13.0. The zero-order chi connectivity index (χ0) is 16.1. The molecule has 3 aromatic rings. The molecule has 0 fully saturated rings. The first-order chi connectivity index (χ1) is 11.2. The maximum atomic E-state index is 12.1. The molecule has 0 aliphatic heterocycles. The van der Waals surface area contributed by atoms with Crippen LogP contribution in [0, 0.1) is 6.92 Å². The number of carbonyl (C=O) groups excluding carboxylic acids is 1. The van der Waals surface area contributed by atoms with E-state index in [0.29, 0.717) is 6.42 Å². The molecule has 0 spiro atoms. The molecule has 1 heterocycles. The van der Waals surface area contributed by atoms with Crippen molar-refractivity contribution in [2.75, 3.05) is 5.32 Å². The Morgan fingerprint density at radius 2 is 1.83 bits per heavy atom. The lowest BCUT2D eigenvalue weighted by Gasteiger charge is -2.04. The second-order valence-corrected chi connectivity index (χ2v) is 6.43. The Hall–Kier alpha value is -2.46. The molecule has 0 aliphatic rings. The van der Waals surface area contributed by atoms with Crippen LogP contribution >= 0.6 is 11.3 Å². The molecule has 1 aromatic heterocycles. The maximum absolute atomic E-state index is 12.1. The molecule has 0 aliphatic carbocycles. The van der Waals surface area contributed by atoms with Gasteiger partial charge in [-0.05, 0) is 24.6 Å². The monoisotopic (exact) mass is 322 g/mol. The van der Waals surface area contributed by atoms with Gasteiger partial charge in [-0.3, -0.25) is 4.79 Å². The van der Waals surface area contributed by atoms with Gasteiger partial charge in [0.15, 0.2) is 0 Å². The van der Waals surface area contributed by atoms with Crippen LogP contribution in [0.15, 0.2) is 60.0 Å². The minimum absolute atomic E-state index is 0.0367. The van der Waals surface area contributed by atoms with E-state index in [2.05, 4.69) is 22.4 Å². The van der Waals surface area contributed by atoms with Crippen LogP contribution in [0.5, 0.6) is 0 Å². The van der Waals surface area contributed by atoms with Crippen molar-refractivity contribution in [2.24, 2.45) is 0 Å². The number of aryl methyl sites for hydroxylation is 1. The molecule has 0 saturated heterocycles. The molecule has 0 radical (unpaired) electrons. The molecule has 3 rings (SSSR count). The summed E-state index contributed by atoms with van der Waals surface area (Å²) in [7, 11) is 0. The van der Waals surface area contributed by atoms with Gasteiger partial charge in [0.1, 0.15) is 0 Å². The number of hydrogen-bond acceptors (Lipinski definition) is 3. The predicted molar refractivity (Wildman–Crippen MR) is 94.9 cm³/mol. The highest BCUT2D eigenvalue weighted by Crippen LogP contribution is 2.16. The summed E-state index contributed by atoms with van der Waals surface area (Å²) >= 11 is 1.60. The number of amides is 1. The van der Waals surface area contributed by atoms with Gasteiger partial charge in [0.2, 0.25) is 5.91 Å². The van der Waals surface area contributed by atoms with Crippen LogP contribution in [0.1, 0.15) is 21.8 Å². The van der Waals surface area contributed by atoms with E-state index in [9.17, 15) is 4.79 Å². The van der Waals surface area contributed by atoms with Crippen molar-refractivity contribution in [1.29, 1.82) is 0 Å². The van der Waals surface area contributed by atoms with Crippen molar-refractivity contribution in [2.45, 2.75) is 19.8 Å². The van der Waals surface area contributed by atoms with E-state index in [1.54, 1.807) is 11.3 Å². The largest absolute Gasteiger partial charge is 0.326 e. The number of nitrogens with one attached hydrogen (secondary N) is 1. The van der Waals surface area contributed by atoms with Gasteiger partial charge in [-0.1, -0.05) is 48.0 Å². The van der Waals surface area contributed by atoms with E-state index in [4.69, 9.17) is 0 Å². The summed E-state index contributed by atoms with van der Waals surface area (Å²) in [6, 6.07) is 18.0. The summed E-state index contributed by atoms with van der Waals surface area (Å²) in [5, 5.41) is 5.90. The van der Waals surface area contributed by atoms with Gasteiger partial charge in [-0.25, -0.2) is 4.98 Å². The maximum Gasteiger partial charge on any atom is 0.230 e. The fraction of sp³-hybridized carbons (Fsp3) is 0.158. The van der Waals surface area contributed by atoms with E-state index in [-0.39, 0.29) is 5.91 Å². The number of nitrogens with zero attached hydrogens (tertiary/aromatic N) is 1. The first-order valence-electron chi connectivity index (χ1n) is 7.53. The summed E-state index contributed by atoms with van der Waals surface area (Å²) in [4.78, 5) is 16.6. The number of rotatable bonds is 5. The Balaban J connectivity index is 1.58. The van der Waals surface area contributed by atoms with Gasteiger partial charge in [0.25, 0.3) is 0 Å². The fourth-order valence-electron chi connectivity index (χ4n) is 2.29. The molecule has 116 valence electrons. The molecule has 2 aromatic carbocycles. The minimum atomic E-state index is -0.0367. The van der Waals surface area contributed by atoms with Gasteiger partial charge >= 0.3 is 0 Å². The van der Waals surface area contributed by atoms with Gasteiger partial charge in [0.05, 0.1) is 17.1 Å². The highest BCUT2D eigenvalue weighted by atomic mass is 32.1. The summed E-state index contributed by atoms with van der Waals surface area (Å²) < 4.78 is 0. The SMILES string of the molecule is Cc1ccc(NC(=O)Cc2csc(Cc3ccccc3)n2)cc1. The molecule has 23 heavy (non-hydrogen) atoms. The van der Waals surface area contributed by atoms with Crippen molar-refractivity contribution in [3.05, 3.63) is 81.8 Å². The van der Waals surface area contributed by atoms with E-state index in [1.165, 1.54) is 11.1 Å². The molecule has 1 amide bonds. The highest BCUT2D eigenvalue weighted by Gasteiger charge is 2.08. The Morgan fingerprint density at radius 3 is 2.57 bits per heavy atom. The van der Waals surface area contributed by atoms with E-state index in [1.807, 2.05) is 54.8 Å². The lowest BCUT2D eigenvalue weighted by molar-refractivity contribution is -0.115. The quantitative estimate of drug-likeness (QED) is 0.764. The van der Waals surface area contributed by atoms with Gasteiger partial charge in [0, 0.05) is 17.5 Å². The predicted octanol–water partition coefficient (Wildman–Crippen LogP) is 4.22. The van der Waals surface area contributed by atoms with Crippen LogP contribution in [-0.4, -0.2) is 10.9 Å². The van der Waals surface area contributed by atoms with E-state index in [0.717, 1.165) is 22.8 Å². The summed E-state index contributed by atoms with van der Waals surface area (Å²) in [6.07, 6.45) is 1.12. The van der Waals surface area contributed by atoms with Crippen LogP contribution in [-0.2, 0) is 17.6 Å². The van der Waals surface area contributed by atoms with Gasteiger partial charge < -0.3 is 5.32 Å². The average molecular weight is 322 g/mol. The van der Waals surface area contributed by atoms with Crippen molar-refractivity contribution < 1.29 is 4.79 Å². The summed E-state index contributed by atoms with van der Waals surface area (Å²) in [5.74, 6) is -0.0367. The molecule has 0 bridgehead atoms. The third kappa shape index (κ3) is 4.50. The molecule has 1 N–H and O–H groups in total. The Bertz CT molecular complexity index is 779. The lowest BCUT2D eigenvalue weighted by Crippen LogP contribution is -2.14. The number of benzene rings is 2. The zero-order valence-corrected chi connectivity index (χ0v) is 13.8. The third-order valence-corrected chi connectivity index (χ3v) is 4.37. The molecule has 0 atom stereocenters. The van der Waals surface area contributed by atoms with E-state index >= 15 is 0 Å². The molecular weight excluding hydrogens is 304 g/mol. The van der Waals surface area contributed by atoms with Crippen LogP contribution in [0.3, 0.4) is 0 Å². The van der Waals surface area contributed by atoms with Crippen LogP contribution < -0.4 is 5.32 Å². The van der Waals surface area contributed by atoms with Crippen LogP contribution in [0.25, 0.3) is 0 Å². The second kappa shape index (κ2) is 7.20. The average Bonchev–Trinajstić information content (AvgIpc) is 2.97. The first kappa shape index (κ1) is 15.4. The Labute approximate surface area is 140 Å². The molecule has 0 unspecified atom stereocenters.